The van der Waals surface area contributed by atoms with Gasteiger partial charge in [-0.3, -0.25) is 9.69 Å². The van der Waals surface area contributed by atoms with E-state index in [1.165, 1.54) is 30.3 Å². The van der Waals surface area contributed by atoms with Crippen LogP contribution in [0.2, 0.25) is 5.02 Å². The lowest BCUT2D eigenvalue weighted by Crippen LogP contribution is -2.50. The average Bonchev–Trinajstić information content (AvgIpc) is 3.55. The second-order valence-corrected chi connectivity index (χ2v) is 13.2. The number of amides is 2. The number of halogens is 6. The molecular formula is C31H30ClF5N8O3. The molecule has 1 fully saturated rings. The molecule has 3 aromatic rings. The minimum absolute atomic E-state index is 0.0292. The van der Waals surface area contributed by atoms with Gasteiger partial charge < -0.3 is 15.8 Å². The Labute approximate surface area is 276 Å². The van der Waals surface area contributed by atoms with Crippen molar-refractivity contribution in [2.24, 2.45) is 16.1 Å². The van der Waals surface area contributed by atoms with E-state index in [0.717, 1.165) is 15.9 Å². The van der Waals surface area contributed by atoms with Crippen molar-refractivity contribution >= 4 is 29.6 Å². The van der Waals surface area contributed by atoms with E-state index < -0.39 is 59.6 Å². The van der Waals surface area contributed by atoms with Crippen LogP contribution in [0.5, 0.6) is 0 Å². The Morgan fingerprint density at radius 2 is 1.83 bits per heavy atom. The molecule has 2 aliphatic rings. The number of hydrogen-bond acceptors (Lipinski definition) is 8. The number of alkyl carbamates (subject to hydrolysis) is 1. The first-order valence-electron chi connectivity index (χ1n) is 14.6. The highest BCUT2D eigenvalue weighted by Gasteiger charge is 2.64. The normalized spacial score (nSPS) is 19.6. The first-order chi connectivity index (χ1) is 22.4. The number of guanidine groups is 1. The van der Waals surface area contributed by atoms with Crippen molar-refractivity contribution in [2.45, 2.75) is 69.8 Å². The van der Waals surface area contributed by atoms with Crippen LogP contribution in [0.4, 0.5) is 26.7 Å². The molecule has 1 aliphatic carbocycles. The molecule has 48 heavy (non-hydrogen) atoms. The number of benzene rings is 2. The van der Waals surface area contributed by atoms with Crippen molar-refractivity contribution in [3.63, 3.8) is 0 Å². The summed E-state index contributed by atoms with van der Waals surface area (Å²) in [5, 5.41) is 15.0. The molecule has 11 nitrogen and oxygen atoms in total. The van der Waals surface area contributed by atoms with Crippen LogP contribution in [-0.4, -0.2) is 55.9 Å². The SMILES string of the molecule is CC(C)(C)C[C@]1(c2ccc(C#N)cc2)N=C(N)N([C@H](COC(=O)NC2(C(F)(F)F)CC2)c2ccc(Cl)c(-n3ncnc3C(F)F)c2)C1=O. The maximum absolute atomic E-state index is 14.6. The van der Waals surface area contributed by atoms with E-state index in [-0.39, 0.29) is 41.5 Å². The van der Waals surface area contributed by atoms with Gasteiger partial charge in [0.15, 0.2) is 17.3 Å². The van der Waals surface area contributed by atoms with Gasteiger partial charge in [-0.2, -0.15) is 23.5 Å². The molecule has 2 aromatic carbocycles. The summed E-state index contributed by atoms with van der Waals surface area (Å²) in [5.41, 5.74) is 2.70. The van der Waals surface area contributed by atoms with Gasteiger partial charge in [0, 0.05) is 0 Å². The molecule has 1 aliphatic heterocycles. The van der Waals surface area contributed by atoms with E-state index in [1.807, 2.05) is 32.2 Å². The molecule has 254 valence electrons. The Morgan fingerprint density at radius 1 is 1.17 bits per heavy atom. The minimum atomic E-state index is -4.72. The second kappa shape index (κ2) is 12.3. The number of ether oxygens (including phenoxy) is 1. The number of alkyl halides is 5. The number of nitrogens with one attached hydrogen (secondary N) is 1. The van der Waals surface area contributed by atoms with Gasteiger partial charge >= 0.3 is 12.3 Å². The van der Waals surface area contributed by atoms with Crippen molar-refractivity contribution in [1.29, 1.82) is 5.26 Å². The van der Waals surface area contributed by atoms with Crippen molar-refractivity contribution in [2.75, 3.05) is 6.61 Å². The first kappa shape index (κ1) is 34.6. The summed E-state index contributed by atoms with van der Waals surface area (Å²) in [6.45, 7) is 4.91. The number of carbonyl (C=O) groups is 2. The summed E-state index contributed by atoms with van der Waals surface area (Å²) in [5.74, 6) is -1.69. The van der Waals surface area contributed by atoms with Gasteiger partial charge in [-0.1, -0.05) is 50.6 Å². The summed E-state index contributed by atoms with van der Waals surface area (Å²) in [6, 6.07) is 10.9. The third-order valence-corrected chi connectivity index (χ3v) is 8.39. The van der Waals surface area contributed by atoms with E-state index in [4.69, 9.17) is 22.1 Å². The van der Waals surface area contributed by atoms with Crippen molar-refractivity contribution in [3.05, 3.63) is 76.3 Å². The molecule has 1 saturated carbocycles. The monoisotopic (exact) mass is 692 g/mol. The standard InChI is InChI=1S/C31H30ClF5N8O3/c1-28(2,3)15-30(19-7-4-17(13-38)5-8-19)25(46)44(26(39)42-30)22(14-48-27(47)43-29(10-11-29)31(35,36)37)18-6-9-20(32)21(12-18)45-24(23(33)34)40-16-41-45/h4-9,12,16,22-23H,10-11,14-15H2,1-3H3,(H2,39,42)(H,43,47)/t22-,30-/m1/s1. The van der Waals surface area contributed by atoms with E-state index in [2.05, 4.69) is 15.1 Å². The van der Waals surface area contributed by atoms with Crippen LogP contribution in [0, 0.1) is 16.7 Å². The van der Waals surface area contributed by atoms with Gasteiger partial charge in [-0.25, -0.2) is 28.2 Å². The van der Waals surface area contributed by atoms with Gasteiger partial charge in [0.25, 0.3) is 12.3 Å². The fourth-order valence-electron chi connectivity index (χ4n) is 5.69. The minimum Gasteiger partial charge on any atom is -0.447 e. The largest absolute Gasteiger partial charge is 0.447 e. The van der Waals surface area contributed by atoms with Crippen LogP contribution >= 0.6 is 11.6 Å². The van der Waals surface area contributed by atoms with Crippen molar-refractivity contribution in [1.82, 2.24) is 25.0 Å². The fraction of sp³-hybridized carbons (Fsp3) is 0.419. The Morgan fingerprint density at radius 3 is 2.40 bits per heavy atom. The van der Waals surface area contributed by atoms with Gasteiger partial charge in [0.05, 0.1) is 28.4 Å². The van der Waals surface area contributed by atoms with Gasteiger partial charge in [0.1, 0.15) is 18.5 Å². The summed E-state index contributed by atoms with van der Waals surface area (Å²) in [4.78, 5) is 36.6. The van der Waals surface area contributed by atoms with Crippen LogP contribution in [-0.2, 0) is 15.1 Å². The van der Waals surface area contributed by atoms with Crippen LogP contribution < -0.4 is 11.1 Å². The highest BCUT2D eigenvalue weighted by molar-refractivity contribution is 6.32. The number of aromatic nitrogens is 3. The number of carbonyl (C=O) groups excluding carboxylic acids is 2. The van der Waals surface area contributed by atoms with E-state index in [0.29, 0.717) is 11.1 Å². The van der Waals surface area contributed by atoms with Gasteiger partial charge in [-0.15, -0.1) is 0 Å². The predicted octanol–water partition coefficient (Wildman–Crippen LogP) is 6.08. The topological polar surface area (TPSA) is 152 Å². The Hall–Kier alpha value is -4.78. The molecule has 2 heterocycles. The molecule has 0 saturated heterocycles. The van der Waals surface area contributed by atoms with Crippen molar-refractivity contribution in [3.8, 4) is 11.8 Å². The maximum Gasteiger partial charge on any atom is 0.411 e. The Bertz CT molecular complexity index is 1790. The summed E-state index contributed by atoms with van der Waals surface area (Å²) < 4.78 is 74.2. The zero-order valence-electron chi connectivity index (χ0n) is 25.9. The van der Waals surface area contributed by atoms with E-state index in [9.17, 15) is 36.8 Å². The van der Waals surface area contributed by atoms with Gasteiger partial charge in [-0.05, 0) is 60.1 Å². The molecule has 0 spiro atoms. The van der Waals surface area contributed by atoms with Gasteiger partial charge in [0.2, 0.25) is 0 Å². The molecule has 17 heteroatoms. The predicted molar refractivity (Wildman–Crippen MR) is 162 cm³/mol. The number of hydrogen-bond donors (Lipinski definition) is 2. The Kier molecular flexibility index (Phi) is 8.89. The fourth-order valence-corrected chi connectivity index (χ4v) is 5.89. The van der Waals surface area contributed by atoms with E-state index >= 15 is 0 Å². The first-order valence-corrected chi connectivity index (χ1v) is 15.0. The molecule has 0 radical (unpaired) electrons. The van der Waals surface area contributed by atoms with E-state index in [1.54, 1.807) is 12.1 Å². The highest BCUT2D eigenvalue weighted by atomic mass is 35.5. The third-order valence-electron chi connectivity index (χ3n) is 8.07. The number of rotatable bonds is 9. The lowest BCUT2D eigenvalue weighted by molar-refractivity contribution is -0.164. The second-order valence-electron chi connectivity index (χ2n) is 12.8. The molecular weight excluding hydrogens is 663 g/mol. The number of nitrogens with two attached hydrogens (primary N) is 1. The zero-order valence-corrected chi connectivity index (χ0v) is 26.6. The summed E-state index contributed by atoms with van der Waals surface area (Å²) in [7, 11) is 0. The highest BCUT2D eigenvalue weighted by Crippen LogP contribution is 2.49. The van der Waals surface area contributed by atoms with Crippen LogP contribution in [0.15, 0.2) is 53.8 Å². The molecule has 3 N–H and O–H groups in total. The zero-order chi connectivity index (χ0) is 35.2. The number of nitriles is 1. The molecule has 2 atom stereocenters. The summed E-state index contributed by atoms with van der Waals surface area (Å²) >= 11 is 6.37. The molecule has 1 aromatic heterocycles. The molecule has 0 unspecified atom stereocenters. The maximum atomic E-state index is 14.6. The quantitative estimate of drug-likeness (QED) is 0.258. The molecule has 2 amide bonds. The lowest BCUT2D eigenvalue weighted by atomic mass is 9.75. The number of nitrogens with zero attached hydrogens (tertiary/aromatic N) is 6. The number of aliphatic imine (C=N–C) groups is 1. The molecule has 0 bridgehead atoms. The third kappa shape index (κ3) is 6.51. The van der Waals surface area contributed by atoms with Crippen LogP contribution in [0.25, 0.3) is 5.69 Å². The average molecular weight is 693 g/mol. The molecule has 5 rings (SSSR count). The van der Waals surface area contributed by atoms with Crippen LogP contribution in [0.3, 0.4) is 0 Å². The summed E-state index contributed by atoms with van der Waals surface area (Å²) in [6.07, 6.45) is -8.77. The van der Waals surface area contributed by atoms with Crippen LogP contribution in [0.1, 0.15) is 75.0 Å². The lowest BCUT2D eigenvalue weighted by Gasteiger charge is -2.35. The Balaban J connectivity index is 1.58. The smallest absolute Gasteiger partial charge is 0.411 e. The van der Waals surface area contributed by atoms with Crippen molar-refractivity contribution < 1.29 is 36.3 Å².